The Labute approximate surface area is 102 Å². The SMILES string of the molecule is CCCCNC(=O)CNc1ccccc1OC. The molecule has 1 aromatic carbocycles. The second-order valence-electron chi connectivity index (χ2n) is 3.76. The molecule has 0 saturated carbocycles. The Morgan fingerprint density at radius 3 is 2.82 bits per heavy atom. The van der Waals surface area contributed by atoms with E-state index in [0.29, 0.717) is 0 Å². The number of methoxy groups -OCH3 is 1. The number of carbonyl (C=O) groups is 1. The van der Waals surface area contributed by atoms with Gasteiger partial charge in [-0.25, -0.2) is 0 Å². The summed E-state index contributed by atoms with van der Waals surface area (Å²) in [6, 6.07) is 7.54. The highest BCUT2D eigenvalue weighted by atomic mass is 16.5. The van der Waals surface area contributed by atoms with E-state index < -0.39 is 0 Å². The van der Waals surface area contributed by atoms with E-state index in [0.717, 1.165) is 30.8 Å². The van der Waals surface area contributed by atoms with Crippen LogP contribution in [0.1, 0.15) is 19.8 Å². The van der Waals surface area contributed by atoms with Gasteiger partial charge in [0.1, 0.15) is 5.75 Å². The molecule has 0 unspecified atom stereocenters. The summed E-state index contributed by atoms with van der Waals surface area (Å²) in [4.78, 5) is 11.5. The van der Waals surface area contributed by atoms with Crippen molar-refractivity contribution in [3.63, 3.8) is 0 Å². The van der Waals surface area contributed by atoms with Gasteiger partial charge in [0.2, 0.25) is 5.91 Å². The van der Waals surface area contributed by atoms with Crippen molar-refractivity contribution >= 4 is 11.6 Å². The maximum Gasteiger partial charge on any atom is 0.239 e. The monoisotopic (exact) mass is 236 g/mol. The van der Waals surface area contributed by atoms with Crippen molar-refractivity contribution in [2.24, 2.45) is 0 Å². The van der Waals surface area contributed by atoms with E-state index in [1.54, 1.807) is 7.11 Å². The predicted molar refractivity (Wildman–Crippen MR) is 69.4 cm³/mol. The van der Waals surface area contributed by atoms with Gasteiger partial charge in [0, 0.05) is 6.54 Å². The van der Waals surface area contributed by atoms with E-state index in [-0.39, 0.29) is 12.5 Å². The van der Waals surface area contributed by atoms with Crippen molar-refractivity contribution in [3.05, 3.63) is 24.3 Å². The molecule has 0 fully saturated rings. The molecule has 0 aliphatic carbocycles. The molecule has 0 aromatic heterocycles. The largest absolute Gasteiger partial charge is 0.495 e. The molecule has 17 heavy (non-hydrogen) atoms. The number of unbranched alkanes of at least 4 members (excludes halogenated alkanes) is 1. The Morgan fingerprint density at radius 1 is 1.35 bits per heavy atom. The summed E-state index contributed by atoms with van der Waals surface area (Å²) in [5, 5.41) is 5.90. The normalized spacial score (nSPS) is 9.76. The quantitative estimate of drug-likeness (QED) is 0.712. The van der Waals surface area contributed by atoms with Crippen LogP contribution in [0.15, 0.2) is 24.3 Å². The number of anilines is 1. The minimum Gasteiger partial charge on any atom is -0.495 e. The van der Waals surface area contributed by atoms with Crippen molar-refractivity contribution in [1.82, 2.24) is 5.32 Å². The first-order valence-corrected chi connectivity index (χ1v) is 5.91. The molecular weight excluding hydrogens is 216 g/mol. The Morgan fingerprint density at radius 2 is 2.12 bits per heavy atom. The van der Waals surface area contributed by atoms with Crippen LogP contribution in [0.5, 0.6) is 5.75 Å². The van der Waals surface area contributed by atoms with Gasteiger partial charge >= 0.3 is 0 Å². The highest BCUT2D eigenvalue weighted by molar-refractivity contribution is 5.81. The van der Waals surface area contributed by atoms with Crippen LogP contribution < -0.4 is 15.4 Å². The summed E-state index contributed by atoms with van der Waals surface area (Å²) in [6.07, 6.45) is 2.10. The fourth-order valence-corrected chi connectivity index (χ4v) is 1.43. The number of hydrogen-bond acceptors (Lipinski definition) is 3. The number of nitrogens with one attached hydrogen (secondary N) is 2. The zero-order chi connectivity index (χ0) is 12.5. The van der Waals surface area contributed by atoms with Gasteiger partial charge in [0.05, 0.1) is 19.3 Å². The Balaban J connectivity index is 2.36. The van der Waals surface area contributed by atoms with Gasteiger partial charge in [0.25, 0.3) is 0 Å². The lowest BCUT2D eigenvalue weighted by molar-refractivity contribution is -0.119. The van der Waals surface area contributed by atoms with Crippen LogP contribution in [0.25, 0.3) is 0 Å². The summed E-state index contributed by atoms with van der Waals surface area (Å²) < 4.78 is 5.18. The van der Waals surface area contributed by atoms with Crippen LogP contribution in [0.4, 0.5) is 5.69 Å². The molecule has 0 saturated heterocycles. The minimum atomic E-state index is 0.00403. The Bertz CT molecular complexity index is 353. The third kappa shape index (κ3) is 4.76. The molecule has 94 valence electrons. The third-order valence-corrected chi connectivity index (χ3v) is 2.40. The maximum atomic E-state index is 11.5. The van der Waals surface area contributed by atoms with Crippen LogP contribution in [-0.2, 0) is 4.79 Å². The summed E-state index contributed by atoms with van der Waals surface area (Å²) in [5.41, 5.74) is 0.834. The first-order chi connectivity index (χ1) is 8.27. The molecule has 0 bridgehead atoms. The molecular formula is C13H20N2O2. The van der Waals surface area contributed by atoms with Crippen molar-refractivity contribution in [2.75, 3.05) is 25.5 Å². The Kier molecular flexibility index (Phi) is 5.93. The zero-order valence-corrected chi connectivity index (χ0v) is 10.5. The Hall–Kier alpha value is -1.71. The van der Waals surface area contributed by atoms with E-state index in [1.807, 2.05) is 24.3 Å². The van der Waals surface area contributed by atoms with E-state index in [1.165, 1.54) is 0 Å². The first kappa shape index (κ1) is 13.4. The predicted octanol–water partition coefficient (Wildman–Crippen LogP) is 2.02. The molecule has 1 aromatic rings. The third-order valence-electron chi connectivity index (χ3n) is 2.40. The number of hydrogen-bond donors (Lipinski definition) is 2. The minimum absolute atomic E-state index is 0.00403. The second kappa shape index (κ2) is 7.54. The van der Waals surface area contributed by atoms with Crippen LogP contribution >= 0.6 is 0 Å². The number of ether oxygens (including phenoxy) is 1. The van der Waals surface area contributed by atoms with Gasteiger partial charge < -0.3 is 15.4 Å². The number of para-hydroxylation sites is 2. The van der Waals surface area contributed by atoms with Crippen LogP contribution in [0, 0.1) is 0 Å². The topological polar surface area (TPSA) is 50.4 Å². The highest BCUT2D eigenvalue weighted by Gasteiger charge is 2.03. The summed E-state index contributed by atoms with van der Waals surface area (Å²) in [7, 11) is 1.61. The molecule has 4 nitrogen and oxygen atoms in total. The summed E-state index contributed by atoms with van der Waals surface area (Å²) >= 11 is 0. The van der Waals surface area contributed by atoms with Crippen molar-refractivity contribution in [3.8, 4) is 5.75 Å². The van der Waals surface area contributed by atoms with E-state index >= 15 is 0 Å². The van der Waals surface area contributed by atoms with Gasteiger partial charge in [-0.3, -0.25) is 4.79 Å². The van der Waals surface area contributed by atoms with Gasteiger partial charge in [-0.1, -0.05) is 25.5 Å². The number of amides is 1. The molecule has 0 aliphatic heterocycles. The van der Waals surface area contributed by atoms with Crippen LogP contribution in [0.3, 0.4) is 0 Å². The van der Waals surface area contributed by atoms with Crippen molar-refractivity contribution in [2.45, 2.75) is 19.8 Å². The lowest BCUT2D eigenvalue weighted by Gasteiger charge is -2.10. The lowest BCUT2D eigenvalue weighted by Crippen LogP contribution is -2.30. The zero-order valence-electron chi connectivity index (χ0n) is 10.5. The van der Waals surface area contributed by atoms with E-state index in [9.17, 15) is 4.79 Å². The van der Waals surface area contributed by atoms with E-state index in [2.05, 4.69) is 17.6 Å². The second-order valence-corrected chi connectivity index (χ2v) is 3.76. The first-order valence-electron chi connectivity index (χ1n) is 5.91. The van der Waals surface area contributed by atoms with Crippen LogP contribution in [0.2, 0.25) is 0 Å². The maximum absolute atomic E-state index is 11.5. The van der Waals surface area contributed by atoms with Gasteiger partial charge in [0.15, 0.2) is 0 Å². The van der Waals surface area contributed by atoms with E-state index in [4.69, 9.17) is 4.74 Å². The number of benzene rings is 1. The molecule has 2 N–H and O–H groups in total. The molecule has 1 rings (SSSR count). The molecule has 0 radical (unpaired) electrons. The average Bonchev–Trinajstić information content (AvgIpc) is 2.37. The molecule has 4 heteroatoms. The standard InChI is InChI=1S/C13H20N2O2/c1-3-4-9-14-13(16)10-15-11-7-5-6-8-12(11)17-2/h5-8,15H,3-4,9-10H2,1-2H3,(H,14,16). The molecule has 1 amide bonds. The number of carbonyl (C=O) groups excluding carboxylic acids is 1. The van der Waals surface area contributed by atoms with Gasteiger partial charge in [-0.15, -0.1) is 0 Å². The highest BCUT2D eigenvalue weighted by Crippen LogP contribution is 2.22. The van der Waals surface area contributed by atoms with Crippen LogP contribution in [-0.4, -0.2) is 26.1 Å². The molecule has 0 atom stereocenters. The fraction of sp³-hybridized carbons (Fsp3) is 0.462. The molecule has 0 aliphatic rings. The smallest absolute Gasteiger partial charge is 0.239 e. The summed E-state index contributed by atoms with van der Waals surface area (Å²) in [5.74, 6) is 0.748. The van der Waals surface area contributed by atoms with Crippen molar-refractivity contribution in [1.29, 1.82) is 0 Å². The summed E-state index contributed by atoms with van der Waals surface area (Å²) in [6.45, 7) is 3.10. The average molecular weight is 236 g/mol. The molecule has 0 heterocycles. The van der Waals surface area contributed by atoms with Gasteiger partial charge in [-0.05, 0) is 18.6 Å². The fourth-order valence-electron chi connectivity index (χ4n) is 1.43. The lowest BCUT2D eigenvalue weighted by atomic mass is 10.3. The molecule has 0 spiro atoms. The van der Waals surface area contributed by atoms with Gasteiger partial charge in [-0.2, -0.15) is 0 Å². The number of rotatable bonds is 7. The van der Waals surface area contributed by atoms with Crippen molar-refractivity contribution < 1.29 is 9.53 Å².